The van der Waals surface area contributed by atoms with Gasteiger partial charge in [-0.15, -0.1) is 0 Å². The molecule has 4 rings (SSSR count). The Bertz CT molecular complexity index is 623. The number of nitrogens with zero attached hydrogens (tertiary/aromatic N) is 2. The van der Waals surface area contributed by atoms with Gasteiger partial charge in [0.25, 0.3) is 0 Å². The van der Waals surface area contributed by atoms with E-state index < -0.39 is 0 Å². The molecule has 1 aromatic carbocycles. The molecule has 3 heteroatoms. The lowest BCUT2D eigenvalue weighted by atomic mass is 9.82. The smallest absolute Gasteiger partial charge is 0.113 e. The number of rotatable bonds is 2. The first-order valence-electron chi connectivity index (χ1n) is 9.44. The van der Waals surface area contributed by atoms with Crippen LogP contribution in [0.5, 0.6) is 0 Å². The molecule has 2 aromatic rings. The molecule has 1 aliphatic heterocycles. The summed E-state index contributed by atoms with van der Waals surface area (Å²) in [5, 5.41) is 0. The van der Waals surface area contributed by atoms with Crippen molar-refractivity contribution in [2.75, 3.05) is 13.1 Å². The Kier molecular flexibility index (Phi) is 4.14. The number of H-pyrrole nitrogens is 1. The number of hydrogen-bond donors (Lipinski definition) is 1. The second-order valence-corrected chi connectivity index (χ2v) is 7.84. The zero-order valence-electron chi connectivity index (χ0n) is 14.4. The minimum Gasteiger partial charge on any atom is -0.342 e. The Labute approximate surface area is 139 Å². The molecule has 2 heterocycles. The van der Waals surface area contributed by atoms with Crippen LogP contribution in [0.4, 0.5) is 0 Å². The predicted octanol–water partition coefficient (Wildman–Crippen LogP) is 4.64. The van der Waals surface area contributed by atoms with E-state index in [9.17, 15) is 0 Å². The zero-order valence-corrected chi connectivity index (χ0v) is 14.4. The van der Waals surface area contributed by atoms with Crippen LogP contribution in [0.2, 0.25) is 0 Å². The van der Waals surface area contributed by atoms with Crippen LogP contribution < -0.4 is 0 Å². The van der Waals surface area contributed by atoms with E-state index in [0.717, 1.165) is 11.6 Å². The summed E-state index contributed by atoms with van der Waals surface area (Å²) in [5.41, 5.74) is 2.48. The summed E-state index contributed by atoms with van der Waals surface area (Å²) in [6, 6.07) is 9.27. The van der Waals surface area contributed by atoms with Crippen molar-refractivity contribution >= 4 is 11.0 Å². The van der Waals surface area contributed by atoms with Gasteiger partial charge in [-0.1, -0.05) is 38.3 Å². The van der Waals surface area contributed by atoms with Crippen molar-refractivity contribution in [3.05, 3.63) is 30.1 Å². The number of fused-ring (bicyclic) bond motifs is 1. The number of hydrogen-bond acceptors (Lipinski definition) is 2. The summed E-state index contributed by atoms with van der Waals surface area (Å²) in [6.45, 7) is 4.92. The normalized spacial score (nSPS) is 28.0. The first-order chi connectivity index (χ1) is 11.2. The van der Waals surface area contributed by atoms with Crippen LogP contribution in [0.1, 0.15) is 64.1 Å². The predicted molar refractivity (Wildman–Crippen MR) is 95.7 cm³/mol. The van der Waals surface area contributed by atoms with E-state index in [1.165, 1.54) is 75.8 Å². The molecule has 2 fully saturated rings. The van der Waals surface area contributed by atoms with E-state index in [1.54, 1.807) is 0 Å². The molecular formula is C20H29N3. The summed E-state index contributed by atoms with van der Waals surface area (Å²) in [5.74, 6) is 1.20. The van der Waals surface area contributed by atoms with E-state index in [-0.39, 0.29) is 5.41 Å². The molecule has 1 aliphatic carbocycles. The topological polar surface area (TPSA) is 31.9 Å². The quantitative estimate of drug-likeness (QED) is 0.876. The first kappa shape index (κ1) is 15.2. The summed E-state index contributed by atoms with van der Waals surface area (Å²) < 4.78 is 0. The third kappa shape index (κ3) is 3.03. The van der Waals surface area contributed by atoms with E-state index in [2.05, 4.69) is 41.1 Å². The van der Waals surface area contributed by atoms with Crippen LogP contribution in [0.15, 0.2) is 24.3 Å². The molecule has 2 aliphatic rings. The van der Waals surface area contributed by atoms with Gasteiger partial charge in [0, 0.05) is 11.5 Å². The molecule has 0 bridgehead atoms. The summed E-state index contributed by atoms with van der Waals surface area (Å²) >= 11 is 0. The average molecular weight is 311 g/mol. The molecule has 1 saturated carbocycles. The minimum atomic E-state index is 0.197. The lowest BCUT2D eigenvalue weighted by Gasteiger charge is -2.34. The molecule has 0 amide bonds. The third-order valence-corrected chi connectivity index (χ3v) is 6.18. The molecule has 1 aromatic heterocycles. The van der Waals surface area contributed by atoms with E-state index in [4.69, 9.17) is 4.98 Å². The Morgan fingerprint density at radius 2 is 1.87 bits per heavy atom. The van der Waals surface area contributed by atoms with Gasteiger partial charge in [0.05, 0.1) is 11.0 Å². The lowest BCUT2D eigenvalue weighted by Crippen LogP contribution is -2.38. The Hall–Kier alpha value is -1.35. The maximum atomic E-state index is 4.91. The number of para-hydroxylation sites is 2. The number of aromatic amines is 1. The van der Waals surface area contributed by atoms with E-state index in [0.29, 0.717) is 0 Å². The summed E-state index contributed by atoms with van der Waals surface area (Å²) in [4.78, 5) is 11.3. The van der Waals surface area contributed by atoms with Gasteiger partial charge in [-0.2, -0.15) is 0 Å². The standard InChI is InChI=1S/C20H29N3/c1-20(19-21-17-10-5-6-11-18(17)22-19)12-7-14-23(15-13-20)16-8-3-2-4-9-16/h5-6,10-11,16H,2-4,7-9,12-15H2,1H3,(H,21,22). The van der Waals surface area contributed by atoms with Crippen LogP contribution in [0.25, 0.3) is 11.0 Å². The number of likely N-dealkylation sites (tertiary alicyclic amines) is 1. The molecule has 1 saturated heterocycles. The van der Waals surface area contributed by atoms with Crippen LogP contribution in [0, 0.1) is 0 Å². The van der Waals surface area contributed by atoms with Crippen molar-refractivity contribution < 1.29 is 0 Å². The van der Waals surface area contributed by atoms with Crippen molar-refractivity contribution in [3.8, 4) is 0 Å². The third-order valence-electron chi connectivity index (χ3n) is 6.18. The van der Waals surface area contributed by atoms with Gasteiger partial charge in [0.15, 0.2) is 0 Å². The fraction of sp³-hybridized carbons (Fsp3) is 0.650. The number of imidazole rings is 1. The van der Waals surface area contributed by atoms with Gasteiger partial charge in [-0.05, 0) is 57.3 Å². The van der Waals surface area contributed by atoms with Gasteiger partial charge in [0.1, 0.15) is 5.82 Å². The molecule has 1 unspecified atom stereocenters. The van der Waals surface area contributed by atoms with Gasteiger partial charge in [0.2, 0.25) is 0 Å². The molecule has 0 spiro atoms. The molecule has 3 nitrogen and oxygen atoms in total. The van der Waals surface area contributed by atoms with Crippen LogP contribution in [-0.4, -0.2) is 34.0 Å². The Balaban J connectivity index is 1.52. The molecule has 0 radical (unpaired) electrons. The average Bonchev–Trinajstić information content (AvgIpc) is 2.94. The maximum Gasteiger partial charge on any atom is 0.113 e. The molecule has 23 heavy (non-hydrogen) atoms. The second kappa shape index (κ2) is 6.27. The maximum absolute atomic E-state index is 4.91. The van der Waals surface area contributed by atoms with Gasteiger partial charge in [-0.25, -0.2) is 4.98 Å². The highest BCUT2D eigenvalue weighted by Gasteiger charge is 2.34. The Morgan fingerprint density at radius 1 is 1.04 bits per heavy atom. The molecule has 1 atom stereocenters. The number of aromatic nitrogens is 2. The lowest BCUT2D eigenvalue weighted by molar-refractivity contribution is 0.159. The Morgan fingerprint density at radius 3 is 2.70 bits per heavy atom. The molecular weight excluding hydrogens is 282 g/mol. The highest BCUT2D eigenvalue weighted by atomic mass is 15.2. The molecule has 1 N–H and O–H groups in total. The fourth-order valence-electron chi connectivity index (χ4n) is 4.59. The van der Waals surface area contributed by atoms with Crippen molar-refractivity contribution in [1.29, 1.82) is 0 Å². The monoisotopic (exact) mass is 311 g/mol. The summed E-state index contributed by atoms with van der Waals surface area (Å²) in [6.07, 6.45) is 10.9. The van der Waals surface area contributed by atoms with Crippen LogP contribution >= 0.6 is 0 Å². The van der Waals surface area contributed by atoms with Crippen molar-refractivity contribution in [2.24, 2.45) is 0 Å². The minimum absolute atomic E-state index is 0.197. The van der Waals surface area contributed by atoms with Gasteiger partial charge < -0.3 is 9.88 Å². The largest absolute Gasteiger partial charge is 0.342 e. The fourth-order valence-corrected chi connectivity index (χ4v) is 4.59. The van der Waals surface area contributed by atoms with Crippen molar-refractivity contribution in [2.45, 2.75) is 69.7 Å². The SMILES string of the molecule is CC1(c2nc3ccccc3[nH]2)CCCN(C2CCCCC2)CC1. The van der Waals surface area contributed by atoms with E-state index in [1.807, 2.05) is 0 Å². The highest BCUT2D eigenvalue weighted by Crippen LogP contribution is 2.36. The number of nitrogens with one attached hydrogen (secondary N) is 1. The van der Waals surface area contributed by atoms with E-state index >= 15 is 0 Å². The van der Waals surface area contributed by atoms with Crippen molar-refractivity contribution in [1.82, 2.24) is 14.9 Å². The van der Waals surface area contributed by atoms with Gasteiger partial charge in [-0.3, -0.25) is 0 Å². The highest BCUT2D eigenvalue weighted by molar-refractivity contribution is 5.75. The van der Waals surface area contributed by atoms with Crippen molar-refractivity contribution in [3.63, 3.8) is 0 Å². The van der Waals surface area contributed by atoms with Crippen LogP contribution in [-0.2, 0) is 5.41 Å². The zero-order chi connectivity index (χ0) is 15.7. The number of benzene rings is 1. The molecule has 124 valence electrons. The second-order valence-electron chi connectivity index (χ2n) is 7.84. The summed E-state index contributed by atoms with van der Waals surface area (Å²) in [7, 11) is 0. The van der Waals surface area contributed by atoms with Gasteiger partial charge >= 0.3 is 0 Å². The van der Waals surface area contributed by atoms with Crippen LogP contribution in [0.3, 0.4) is 0 Å². The first-order valence-corrected chi connectivity index (χ1v) is 9.44.